The molecule has 5 heteroatoms. The second kappa shape index (κ2) is 6.59. The van der Waals surface area contributed by atoms with Gasteiger partial charge in [0.25, 0.3) is 0 Å². The number of aromatic nitrogens is 1. The van der Waals surface area contributed by atoms with E-state index < -0.39 is 0 Å². The summed E-state index contributed by atoms with van der Waals surface area (Å²) in [6, 6.07) is 8.10. The van der Waals surface area contributed by atoms with Crippen LogP contribution in [0.1, 0.15) is 0 Å². The van der Waals surface area contributed by atoms with Gasteiger partial charge in [0.2, 0.25) is 0 Å². The number of anilines is 1. The standard InChI is InChI=1S/C15H18N2OS2/c1-18-14-4-2-3-13-12(14)5-6-16-15(13)17-9-11-10-19-7-8-20-11/h2-6,11H,7-10H2,1H3,(H,16,17). The van der Waals surface area contributed by atoms with Crippen LogP contribution in [0.5, 0.6) is 5.75 Å². The highest BCUT2D eigenvalue weighted by Crippen LogP contribution is 2.30. The Morgan fingerprint density at radius 1 is 1.30 bits per heavy atom. The van der Waals surface area contributed by atoms with Crippen LogP contribution in [0.15, 0.2) is 30.5 Å². The highest BCUT2D eigenvalue weighted by Gasteiger charge is 2.15. The maximum absolute atomic E-state index is 5.41. The lowest BCUT2D eigenvalue weighted by Crippen LogP contribution is -2.23. The van der Waals surface area contributed by atoms with Gasteiger partial charge in [-0.2, -0.15) is 23.5 Å². The van der Waals surface area contributed by atoms with Crippen LogP contribution >= 0.6 is 23.5 Å². The molecule has 1 aromatic carbocycles. The Kier molecular flexibility index (Phi) is 4.58. The van der Waals surface area contributed by atoms with E-state index >= 15 is 0 Å². The van der Waals surface area contributed by atoms with Crippen LogP contribution < -0.4 is 10.1 Å². The Morgan fingerprint density at radius 3 is 3.05 bits per heavy atom. The molecule has 1 saturated heterocycles. The molecule has 2 aromatic rings. The molecule has 2 heterocycles. The van der Waals surface area contributed by atoms with Gasteiger partial charge in [-0.05, 0) is 12.1 Å². The van der Waals surface area contributed by atoms with Gasteiger partial charge in [0.15, 0.2) is 0 Å². The summed E-state index contributed by atoms with van der Waals surface area (Å²) in [6.07, 6.45) is 1.84. The van der Waals surface area contributed by atoms with Crippen molar-refractivity contribution >= 4 is 40.1 Å². The molecule has 1 aliphatic rings. The maximum Gasteiger partial charge on any atom is 0.133 e. The molecule has 1 aromatic heterocycles. The van der Waals surface area contributed by atoms with Crippen LogP contribution in [-0.4, -0.2) is 41.1 Å². The van der Waals surface area contributed by atoms with Crippen molar-refractivity contribution in [1.82, 2.24) is 4.98 Å². The first-order chi connectivity index (χ1) is 9.88. The molecule has 0 aliphatic carbocycles. The number of hydrogen-bond acceptors (Lipinski definition) is 5. The Hall–Kier alpha value is -1.07. The summed E-state index contributed by atoms with van der Waals surface area (Å²) in [5.41, 5.74) is 0. The van der Waals surface area contributed by atoms with Crippen molar-refractivity contribution in [3.05, 3.63) is 30.5 Å². The smallest absolute Gasteiger partial charge is 0.133 e. The van der Waals surface area contributed by atoms with E-state index in [1.54, 1.807) is 7.11 Å². The van der Waals surface area contributed by atoms with Crippen LogP contribution in [-0.2, 0) is 0 Å². The van der Waals surface area contributed by atoms with E-state index in [0.29, 0.717) is 5.25 Å². The Bertz CT molecular complexity index is 585. The minimum absolute atomic E-state index is 0.677. The van der Waals surface area contributed by atoms with E-state index in [1.165, 1.54) is 17.3 Å². The predicted molar refractivity (Wildman–Crippen MR) is 90.4 cm³/mol. The lowest BCUT2D eigenvalue weighted by atomic mass is 10.1. The summed E-state index contributed by atoms with van der Waals surface area (Å²) in [4.78, 5) is 4.48. The van der Waals surface area contributed by atoms with E-state index in [-0.39, 0.29) is 0 Å². The van der Waals surface area contributed by atoms with Gasteiger partial charge >= 0.3 is 0 Å². The average Bonchev–Trinajstić information content (AvgIpc) is 2.53. The third kappa shape index (κ3) is 2.99. The van der Waals surface area contributed by atoms with Gasteiger partial charge < -0.3 is 10.1 Å². The number of benzene rings is 1. The van der Waals surface area contributed by atoms with Crippen molar-refractivity contribution in [3.8, 4) is 5.75 Å². The third-order valence-corrected chi connectivity index (χ3v) is 6.21. The number of thioether (sulfide) groups is 2. The van der Waals surface area contributed by atoms with Crippen molar-refractivity contribution in [2.24, 2.45) is 0 Å². The van der Waals surface area contributed by atoms with Crippen molar-refractivity contribution in [3.63, 3.8) is 0 Å². The number of nitrogens with zero attached hydrogens (tertiary/aromatic N) is 1. The third-order valence-electron chi connectivity index (χ3n) is 3.37. The van der Waals surface area contributed by atoms with Gasteiger partial charge in [-0.25, -0.2) is 4.98 Å². The number of hydrogen-bond donors (Lipinski definition) is 1. The number of ether oxygens (including phenoxy) is 1. The van der Waals surface area contributed by atoms with Crippen molar-refractivity contribution in [1.29, 1.82) is 0 Å². The number of fused-ring (bicyclic) bond motifs is 1. The van der Waals surface area contributed by atoms with Crippen molar-refractivity contribution in [2.45, 2.75) is 5.25 Å². The summed E-state index contributed by atoms with van der Waals surface area (Å²) in [5, 5.41) is 6.42. The molecular formula is C15H18N2OS2. The summed E-state index contributed by atoms with van der Waals surface area (Å²) >= 11 is 4.11. The fourth-order valence-electron chi connectivity index (χ4n) is 2.36. The Balaban J connectivity index is 1.80. The van der Waals surface area contributed by atoms with Crippen LogP contribution in [0.3, 0.4) is 0 Å². The largest absolute Gasteiger partial charge is 0.496 e. The zero-order valence-electron chi connectivity index (χ0n) is 11.5. The fraction of sp³-hybridized carbons (Fsp3) is 0.400. The summed E-state index contributed by atoms with van der Waals surface area (Å²) in [5.74, 6) is 5.62. The molecule has 0 spiro atoms. The molecule has 1 aliphatic heterocycles. The van der Waals surface area contributed by atoms with Gasteiger partial charge in [0.1, 0.15) is 11.6 Å². The van der Waals surface area contributed by atoms with Crippen LogP contribution in [0.2, 0.25) is 0 Å². The summed E-state index contributed by atoms with van der Waals surface area (Å²) < 4.78 is 5.41. The van der Waals surface area contributed by atoms with E-state index in [9.17, 15) is 0 Å². The van der Waals surface area contributed by atoms with Gasteiger partial charge in [-0.1, -0.05) is 12.1 Å². The van der Waals surface area contributed by atoms with Crippen LogP contribution in [0.4, 0.5) is 5.82 Å². The average molecular weight is 306 g/mol. The monoisotopic (exact) mass is 306 g/mol. The van der Waals surface area contributed by atoms with E-state index in [0.717, 1.165) is 28.9 Å². The number of pyridine rings is 1. The van der Waals surface area contributed by atoms with Crippen LogP contribution in [0, 0.1) is 0 Å². The molecule has 1 N–H and O–H groups in total. The highest BCUT2D eigenvalue weighted by atomic mass is 32.2. The van der Waals surface area contributed by atoms with Crippen molar-refractivity contribution < 1.29 is 4.74 Å². The molecular weight excluding hydrogens is 288 g/mol. The summed E-state index contributed by atoms with van der Waals surface area (Å²) in [6.45, 7) is 0.973. The van der Waals surface area contributed by atoms with Gasteiger partial charge in [0, 0.05) is 46.0 Å². The fourth-order valence-corrected chi connectivity index (χ4v) is 4.97. The highest BCUT2D eigenvalue weighted by molar-refractivity contribution is 8.06. The molecule has 0 saturated carbocycles. The van der Waals surface area contributed by atoms with Gasteiger partial charge in [-0.3, -0.25) is 0 Å². The topological polar surface area (TPSA) is 34.1 Å². The lowest BCUT2D eigenvalue weighted by Gasteiger charge is -2.21. The normalized spacial score (nSPS) is 18.9. The first-order valence-corrected chi connectivity index (χ1v) is 8.94. The number of rotatable bonds is 4. The van der Waals surface area contributed by atoms with Gasteiger partial charge in [-0.15, -0.1) is 0 Å². The maximum atomic E-state index is 5.41. The zero-order valence-corrected chi connectivity index (χ0v) is 13.1. The minimum atomic E-state index is 0.677. The Morgan fingerprint density at radius 2 is 2.25 bits per heavy atom. The second-order valence-electron chi connectivity index (χ2n) is 4.66. The molecule has 1 atom stereocenters. The van der Waals surface area contributed by atoms with E-state index in [2.05, 4.69) is 28.1 Å². The lowest BCUT2D eigenvalue weighted by molar-refractivity contribution is 0.420. The van der Waals surface area contributed by atoms with E-state index in [4.69, 9.17) is 4.74 Å². The quantitative estimate of drug-likeness (QED) is 0.935. The summed E-state index contributed by atoms with van der Waals surface area (Å²) in [7, 11) is 1.71. The predicted octanol–water partition coefficient (Wildman–Crippen LogP) is 3.50. The van der Waals surface area contributed by atoms with Gasteiger partial charge in [0.05, 0.1) is 7.11 Å². The molecule has 1 fully saturated rings. The molecule has 3 nitrogen and oxygen atoms in total. The molecule has 0 radical (unpaired) electrons. The molecule has 106 valence electrons. The zero-order chi connectivity index (χ0) is 13.8. The molecule has 3 rings (SSSR count). The Labute approximate surface area is 127 Å². The molecule has 0 amide bonds. The van der Waals surface area contributed by atoms with Crippen LogP contribution in [0.25, 0.3) is 10.8 Å². The first-order valence-electron chi connectivity index (χ1n) is 6.73. The molecule has 20 heavy (non-hydrogen) atoms. The number of nitrogens with one attached hydrogen (secondary N) is 1. The van der Waals surface area contributed by atoms with Crippen molar-refractivity contribution in [2.75, 3.05) is 36.2 Å². The SMILES string of the molecule is COc1cccc2c(NCC3CSCCS3)nccc12. The number of methoxy groups -OCH3 is 1. The second-order valence-corrected chi connectivity index (χ2v) is 7.22. The first kappa shape index (κ1) is 13.9. The molecule has 0 bridgehead atoms. The van der Waals surface area contributed by atoms with E-state index in [1.807, 2.05) is 36.2 Å². The minimum Gasteiger partial charge on any atom is -0.496 e. The molecule has 1 unspecified atom stereocenters.